The van der Waals surface area contributed by atoms with Gasteiger partial charge >= 0.3 is 12.1 Å². The molecule has 3 N–H and O–H groups in total. The third-order valence-corrected chi connectivity index (χ3v) is 6.67. The van der Waals surface area contributed by atoms with E-state index in [1.807, 2.05) is 24.3 Å². The normalized spacial score (nSPS) is 12.9. The Kier molecular flexibility index (Phi) is 7.51. The molecule has 7 nitrogen and oxygen atoms in total. The van der Waals surface area contributed by atoms with Crippen molar-refractivity contribution < 1.29 is 24.2 Å². The fourth-order valence-electron chi connectivity index (χ4n) is 4.23. The second kappa shape index (κ2) is 10.7. The first-order valence-electron chi connectivity index (χ1n) is 11.3. The number of aliphatic carboxylic acids is 1. The molecule has 1 aliphatic rings. The van der Waals surface area contributed by atoms with Gasteiger partial charge in [-0.05, 0) is 69.7 Å². The van der Waals surface area contributed by atoms with Gasteiger partial charge in [0.1, 0.15) is 6.61 Å². The van der Waals surface area contributed by atoms with Crippen LogP contribution in [-0.2, 0) is 9.53 Å². The molecule has 180 valence electrons. The van der Waals surface area contributed by atoms with Crippen molar-refractivity contribution in [3.63, 3.8) is 0 Å². The Balaban J connectivity index is 1.40. The molecule has 8 heteroatoms. The minimum atomic E-state index is -0.913. The third kappa shape index (κ3) is 5.71. The lowest BCUT2D eigenvalue weighted by Gasteiger charge is -2.16. The third-order valence-electron chi connectivity index (χ3n) is 5.98. The standard InChI is InChI=1S/C27H25BrN2O5/c1-16(10-13-25(31)32)29-26(33)17-11-12-23(28)24(14-17)30-27(34)35-15-22-20-8-4-2-6-18(20)19-7-3-5-9-21(19)22/h2-9,11-12,14,16,22H,10,13,15H2,1H3,(H,29,33)(H,30,34)(H,31,32). The van der Waals surface area contributed by atoms with Crippen LogP contribution in [0.3, 0.4) is 0 Å². The number of carbonyl (C=O) groups is 3. The Morgan fingerprint density at radius 1 is 1.00 bits per heavy atom. The zero-order chi connectivity index (χ0) is 24.9. The summed E-state index contributed by atoms with van der Waals surface area (Å²) in [6.07, 6.45) is -0.335. The molecular weight excluding hydrogens is 512 g/mol. The maximum absolute atomic E-state index is 12.6. The van der Waals surface area contributed by atoms with Crippen molar-refractivity contribution in [1.29, 1.82) is 0 Å². The van der Waals surface area contributed by atoms with Gasteiger partial charge in [-0.2, -0.15) is 0 Å². The quantitative estimate of drug-likeness (QED) is 0.337. The molecule has 0 radical (unpaired) electrons. The molecule has 35 heavy (non-hydrogen) atoms. The highest BCUT2D eigenvalue weighted by Gasteiger charge is 2.29. The fourth-order valence-corrected chi connectivity index (χ4v) is 4.57. The minimum absolute atomic E-state index is 0.0314. The first-order chi connectivity index (χ1) is 16.8. The predicted molar refractivity (Wildman–Crippen MR) is 137 cm³/mol. The number of hydrogen-bond acceptors (Lipinski definition) is 4. The van der Waals surface area contributed by atoms with Gasteiger partial charge in [0.15, 0.2) is 0 Å². The van der Waals surface area contributed by atoms with Crippen molar-refractivity contribution >= 4 is 39.6 Å². The van der Waals surface area contributed by atoms with Gasteiger partial charge in [0.25, 0.3) is 5.91 Å². The second-order valence-corrected chi connectivity index (χ2v) is 9.31. The maximum Gasteiger partial charge on any atom is 0.411 e. The van der Waals surface area contributed by atoms with Crippen molar-refractivity contribution in [1.82, 2.24) is 5.32 Å². The summed E-state index contributed by atoms with van der Waals surface area (Å²) in [6.45, 7) is 1.92. The van der Waals surface area contributed by atoms with Gasteiger partial charge in [-0.15, -0.1) is 0 Å². The average Bonchev–Trinajstić information content (AvgIpc) is 3.16. The van der Waals surface area contributed by atoms with Crippen molar-refractivity contribution in [3.05, 3.63) is 87.9 Å². The van der Waals surface area contributed by atoms with Gasteiger partial charge in [-0.3, -0.25) is 14.9 Å². The molecule has 0 bridgehead atoms. The van der Waals surface area contributed by atoms with Crippen LogP contribution in [0.4, 0.5) is 10.5 Å². The number of carboxylic acid groups (broad SMARTS) is 1. The average molecular weight is 537 g/mol. The molecule has 0 saturated carbocycles. The van der Waals surface area contributed by atoms with Gasteiger partial charge in [0.2, 0.25) is 0 Å². The van der Waals surface area contributed by atoms with Crippen LogP contribution in [0.2, 0.25) is 0 Å². The number of rotatable bonds is 8. The van der Waals surface area contributed by atoms with Crippen LogP contribution in [0.1, 0.15) is 47.2 Å². The van der Waals surface area contributed by atoms with Gasteiger partial charge in [0.05, 0.1) is 5.69 Å². The van der Waals surface area contributed by atoms with Gasteiger partial charge in [-0.1, -0.05) is 48.5 Å². The lowest BCUT2D eigenvalue weighted by atomic mass is 9.98. The topological polar surface area (TPSA) is 105 Å². The molecule has 0 aromatic heterocycles. The largest absolute Gasteiger partial charge is 0.481 e. The van der Waals surface area contributed by atoms with E-state index >= 15 is 0 Å². The van der Waals surface area contributed by atoms with Crippen molar-refractivity contribution in [3.8, 4) is 11.1 Å². The molecule has 0 fully saturated rings. The Morgan fingerprint density at radius 2 is 1.63 bits per heavy atom. The molecule has 4 rings (SSSR count). The summed E-state index contributed by atoms with van der Waals surface area (Å²) >= 11 is 3.39. The summed E-state index contributed by atoms with van der Waals surface area (Å²) in [5, 5.41) is 14.3. The van der Waals surface area contributed by atoms with E-state index < -0.39 is 12.1 Å². The molecule has 0 saturated heterocycles. The van der Waals surface area contributed by atoms with Crippen LogP contribution in [-0.4, -0.2) is 35.7 Å². The first-order valence-corrected chi connectivity index (χ1v) is 12.1. The lowest BCUT2D eigenvalue weighted by molar-refractivity contribution is -0.137. The van der Waals surface area contributed by atoms with Gasteiger partial charge in [0, 0.05) is 28.4 Å². The number of anilines is 1. The molecule has 3 aromatic carbocycles. The van der Waals surface area contributed by atoms with E-state index in [4.69, 9.17) is 9.84 Å². The SMILES string of the molecule is CC(CCC(=O)O)NC(=O)c1ccc(Br)c(NC(=O)OCC2c3ccccc3-c3ccccc32)c1. The maximum atomic E-state index is 12.6. The summed E-state index contributed by atoms with van der Waals surface area (Å²) in [6, 6.07) is 20.7. The van der Waals surface area contributed by atoms with E-state index in [0.717, 1.165) is 22.3 Å². The monoisotopic (exact) mass is 536 g/mol. The van der Waals surface area contributed by atoms with Crippen LogP contribution >= 0.6 is 15.9 Å². The van der Waals surface area contributed by atoms with Crippen LogP contribution in [0.25, 0.3) is 11.1 Å². The molecule has 0 heterocycles. The molecule has 2 amide bonds. The van der Waals surface area contributed by atoms with Gasteiger partial charge < -0.3 is 15.2 Å². The highest BCUT2D eigenvalue weighted by atomic mass is 79.9. The zero-order valence-electron chi connectivity index (χ0n) is 19.1. The number of halogens is 1. The van der Waals surface area contributed by atoms with E-state index in [1.165, 1.54) is 0 Å². The Hall–Kier alpha value is -3.65. The van der Waals surface area contributed by atoms with Crippen LogP contribution < -0.4 is 10.6 Å². The van der Waals surface area contributed by atoms with Crippen LogP contribution in [0.15, 0.2) is 71.2 Å². The van der Waals surface area contributed by atoms with E-state index in [1.54, 1.807) is 25.1 Å². The Bertz CT molecular complexity index is 1230. The molecule has 0 spiro atoms. The number of carbonyl (C=O) groups excluding carboxylic acids is 2. The number of ether oxygens (including phenoxy) is 1. The van der Waals surface area contributed by atoms with Crippen molar-refractivity contribution in [2.24, 2.45) is 0 Å². The zero-order valence-corrected chi connectivity index (χ0v) is 20.7. The molecule has 1 atom stereocenters. The highest BCUT2D eigenvalue weighted by molar-refractivity contribution is 9.10. The van der Waals surface area contributed by atoms with Gasteiger partial charge in [-0.25, -0.2) is 4.79 Å². The summed E-state index contributed by atoms with van der Waals surface area (Å²) in [5.74, 6) is -1.32. The number of benzene rings is 3. The number of nitrogens with one attached hydrogen (secondary N) is 2. The van der Waals surface area contributed by atoms with E-state index in [0.29, 0.717) is 22.1 Å². The smallest absolute Gasteiger partial charge is 0.411 e. The Morgan fingerprint density at radius 3 is 2.26 bits per heavy atom. The lowest BCUT2D eigenvalue weighted by Crippen LogP contribution is -2.33. The number of carboxylic acids is 1. The molecule has 0 aliphatic heterocycles. The molecule has 1 unspecified atom stereocenters. The highest BCUT2D eigenvalue weighted by Crippen LogP contribution is 2.44. The predicted octanol–water partition coefficient (Wildman–Crippen LogP) is 5.79. The number of fused-ring (bicyclic) bond motifs is 3. The van der Waals surface area contributed by atoms with Crippen molar-refractivity contribution in [2.45, 2.75) is 31.7 Å². The van der Waals surface area contributed by atoms with Crippen LogP contribution in [0.5, 0.6) is 0 Å². The molecular formula is C27H25BrN2O5. The number of hydrogen-bond donors (Lipinski definition) is 3. The Labute approximate surface area is 211 Å². The van der Waals surface area contributed by atoms with E-state index in [-0.39, 0.29) is 30.9 Å². The summed E-state index contributed by atoms with van der Waals surface area (Å²) in [5.41, 5.74) is 5.28. The summed E-state index contributed by atoms with van der Waals surface area (Å²) < 4.78 is 6.19. The fraction of sp³-hybridized carbons (Fsp3) is 0.222. The first kappa shape index (κ1) is 24.5. The van der Waals surface area contributed by atoms with Crippen molar-refractivity contribution in [2.75, 3.05) is 11.9 Å². The molecule has 3 aromatic rings. The van der Waals surface area contributed by atoms with E-state index in [2.05, 4.69) is 50.8 Å². The summed E-state index contributed by atoms with van der Waals surface area (Å²) in [7, 11) is 0. The number of amides is 2. The van der Waals surface area contributed by atoms with Crippen LogP contribution in [0, 0.1) is 0 Å². The second-order valence-electron chi connectivity index (χ2n) is 8.45. The summed E-state index contributed by atoms with van der Waals surface area (Å²) in [4.78, 5) is 35.9. The molecule has 1 aliphatic carbocycles. The minimum Gasteiger partial charge on any atom is -0.481 e. The van der Waals surface area contributed by atoms with E-state index in [9.17, 15) is 14.4 Å².